The van der Waals surface area contributed by atoms with Crippen molar-refractivity contribution >= 4 is 0 Å². The molecule has 0 saturated carbocycles. The topological polar surface area (TPSA) is 27.7 Å². The van der Waals surface area contributed by atoms with Crippen molar-refractivity contribution in [3.63, 3.8) is 0 Å². The molecule has 0 heterocycles. The Hall–Kier alpha value is -1.06. The summed E-state index contributed by atoms with van der Waals surface area (Å²) in [5, 5.41) is 0. The minimum Gasteiger partial charge on any atom is -0.491 e. The van der Waals surface area contributed by atoms with Gasteiger partial charge in [0.05, 0.1) is 6.61 Å². The monoisotopic (exact) mass is 210 g/mol. The Kier molecular flexibility index (Phi) is 5.15. The normalized spacial score (nSPS) is 12.5. The zero-order valence-corrected chi connectivity index (χ0v) is 9.53. The Bertz CT molecular complexity index is 286. The SMILES string of the molecule is COCC(COc1cccc(C)c1)OC. The third-order valence-corrected chi connectivity index (χ3v) is 2.11. The smallest absolute Gasteiger partial charge is 0.119 e. The molecule has 3 heteroatoms. The first-order valence-electron chi connectivity index (χ1n) is 4.97. The van der Waals surface area contributed by atoms with Crippen LogP contribution < -0.4 is 4.74 Å². The van der Waals surface area contributed by atoms with Gasteiger partial charge in [0, 0.05) is 14.2 Å². The summed E-state index contributed by atoms with van der Waals surface area (Å²) in [5.41, 5.74) is 1.19. The predicted molar refractivity (Wildman–Crippen MR) is 59.3 cm³/mol. The highest BCUT2D eigenvalue weighted by Crippen LogP contribution is 2.12. The molecule has 0 bridgehead atoms. The molecule has 15 heavy (non-hydrogen) atoms. The van der Waals surface area contributed by atoms with Crippen LogP contribution in [-0.4, -0.2) is 33.5 Å². The summed E-state index contributed by atoms with van der Waals surface area (Å²) in [6.07, 6.45) is -0.0180. The molecule has 0 aliphatic carbocycles. The number of methoxy groups -OCH3 is 2. The quantitative estimate of drug-likeness (QED) is 0.719. The van der Waals surface area contributed by atoms with E-state index in [0.29, 0.717) is 13.2 Å². The Morgan fingerprint density at radius 1 is 1.20 bits per heavy atom. The molecule has 1 aromatic rings. The number of hydrogen-bond donors (Lipinski definition) is 0. The van der Waals surface area contributed by atoms with E-state index >= 15 is 0 Å². The predicted octanol–water partition coefficient (Wildman–Crippen LogP) is 2.04. The molecular weight excluding hydrogens is 192 g/mol. The molecule has 1 rings (SSSR count). The van der Waals surface area contributed by atoms with Crippen LogP contribution in [0.15, 0.2) is 24.3 Å². The third kappa shape index (κ3) is 4.32. The van der Waals surface area contributed by atoms with Crippen molar-refractivity contribution in [3.8, 4) is 5.75 Å². The number of ether oxygens (including phenoxy) is 3. The molecule has 1 aromatic carbocycles. The van der Waals surface area contributed by atoms with Crippen LogP contribution in [0.25, 0.3) is 0 Å². The van der Waals surface area contributed by atoms with Gasteiger partial charge in [0.15, 0.2) is 0 Å². The summed E-state index contributed by atoms with van der Waals surface area (Å²) in [5.74, 6) is 0.869. The first kappa shape index (κ1) is 12.0. The number of aryl methyl sites for hydroxylation is 1. The largest absolute Gasteiger partial charge is 0.491 e. The van der Waals surface area contributed by atoms with Crippen molar-refractivity contribution in [2.45, 2.75) is 13.0 Å². The van der Waals surface area contributed by atoms with E-state index in [1.807, 2.05) is 31.2 Å². The van der Waals surface area contributed by atoms with Crippen LogP contribution >= 0.6 is 0 Å². The molecule has 1 unspecified atom stereocenters. The van der Waals surface area contributed by atoms with E-state index in [2.05, 4.69) is 0 Å². The highest BCUT2D eigenvalue weighted by molar-refractivity contribution is 5.27. The maximum atomic E-state index is 5.59. The molecule has 0 aromatic heterocycles. The van der Waals surface area contributed by atoms with Gasteiger partial charge in [0.2, 0.25) is 0 Å². The van der Waals surface area contributed by atoms with Gasteiger partial charge in [0.25, 0.3) is 0 Å². The van der Waals surface area contributed by atoms with Crippen molar-refractivity contribution in [2.75, 3.05) is 27.4 Å². The van der Waals surface area contributed by atoms with Crippen molar-refractivity contribution in [1.29, 1.82) is 0 Å². The van der Waals surface area contributed by atoms with Crippen LogP contribution in [0.1, 0.15) is 5.56 Å². The third-order valence-electron chi connectivity index (χ3n) is 2.11. The summed E-state index contributed by atoms with van der Waals surface area (Å²) in [7, 11) is 3.31. The molecule has 3 nitrogen and oxygen atoms in total. The fourth-order valence-electron chi connectivity index (χ4n) is 1.26. The van der Waals surface area contributed by atoms with E-state index in [1.54, 1.807) is 14.2 Å². The number of rotatable bonds is 6. The van der Waals surface area contributed by atoms with Gasteiger partial charge in [-0.3, -0.25) is 0 Å². The average molecular weight is 210 g/mol. The molecule has 0 spiro atoms. The summed E-state index contributed by atoms with van der Waals surface area (Å²) in [6.45, 7) is 3.09. The summed E-state index contributed by atoms with van der Waals surface area (Å²) in [4.78, 5) is 0. The zero-order valence-electron chi connectivity index (χ0n) is 9.53. The molecule has 1 atom stereocenters. The summed E-state index contributed by atoms with van der Waals surface area (Å²) < 4.78 is 15.8. The molecule has 0 aliphatic heterocycles. The van der Waals surface area contributed by atoms with Crippen LogP contribution in [0.3, 0.4) is 0 Å². The minimum atomic E-state index is -0.0180. The second-order valence-corrected chi connectivity index (χ2v) is 3.44. The van der Waals surface area contributed by atoms with Gasteiger partial charge in [-0.25, -0.2) is 0 Å². The Morgan fingerprint density at radius 2 is 2.00 bits per heavy atom. The van der Waals surface area contributed by atoms with Crippen molar-refractivity contribution in [2.24, 2.45) is 0 Å². The maximum Gasteiger partial charge on any atom is 0.119 e. The van der Waals surface area contributed by atoms with E-state index in [-0.39, 0.29) is 6.10 Å². The molecule has 0 fully saturated rings. The second kappa shape index (κ2) is 6.43. The minimum absolute atomic E-state index is 0.0180. The van der Waals surface area contributed by atoms with Crippen LogP contribution in [0, 0.1) is 6.92 Å². The Morgan fingerprint density at radius 3 is 2.60 bits per heavy atom. The van der Waals surface area contributed by atoms with Gasteiger partial charge in [-0.1, -0.05) is 12.1 Å². The highest BCUT2D eigenvalue weighted by atomic mass is 16.5. The molecule has 0 aliphatic rings. The van der Waals surface area contributed by atoms with Gasteiger partial charge in [-0.05, 0) is 24.6 Å². The van der Waals surface area contributed by atoms with Crippen LogP contribution in [0.4, 0.5) is 0 Å². The average Bonchev–Trinajstić information content (AvgIpc) is 2.24. The lowest BCUT2D eigenvalue weighted by molar-refractivity contribution is 0.000867. The van der Waals surface area contributed by atoms with Crippen molar-refractivity contribution in [3.05, 3.63) is 29.8 Å². The van der Waals surface area contributed by atoms with E-state index in [1.165, 1.54) is 5.56 Å². The van der Waals surface area contributed by atoms with Gasteiger partial charge < -0.3 is 14.2 Å². The highest BCUT2D eigenvalue weighted by Gasteiger charge is 2.07. The molecular formula is C12H18O3. The fourth-order valence-corrected chi connectivity index (χ4v) is 1.26. The molecule has 0 saturated heterocycles. The summed E-state index contributed by atoms with van der Waals surface area (Å²) >= 11 is 0. The van der Waals surface area contributed by atoms with Crippen LogP contribution in [-0.2, 0) is 9.47 Å². The van der Waals surface area contributed by atoms with Gasteiger partial charge in [0.1, 0.15) is 18.5 Å². The first-order valence-corrected chi connectivity index (χ1v) is 4.97. The van der Waals surface area contributed by atoms with E-state index in [4.69, 9.17) is 14.2 Å². The van der Waals surface area contributed by atoms with Crippen LogP contribution in [0.5, 0.6) is 5.75 Å². The van der Waals surface area contributed by atoms with Gasteiger partial charge in [-0.2, -0.15) is 0 Å². The molecule has 0 radical (unpaired) electrons. The number of hydrogen-bond acceptors (Lipinski definition) is 3. The van der Waals surface area contributed by atoms with Crippen molar-refractivity contribution in [1.82, 2.24) is 0 Å². The molecule has 0 N–H and O–H groups in total. The summed E-state index contributed by atoms with van der Waals surface area (Å²) in [6, 6.07) is 7.95. The second-order valence-electron chi connectivity index (χ2n) is 3.44. The maximum absolute atomic E-state index is 5.59. The first-order chi connectivity index (χ1) is 7.26. The number of benzene rings is 1. The standard InChI is InChI=1S/C12H18O3/c1-10-5-4-6-11(7-10)15-9-12(14-3)8-13-2/h4-7,12H,8-9H2,1-3H3. The fraction of sp³-hybridized carbons (Fsp3) is 0.500. The van der Waals surface area contributed by atoms with Gasteiger partial charge in [-0.15, -0.1) is 0 Å². The zero-order chi connectivity index (χ0) is 11.1. The molecule has 84 valence electrons. The van der Waals surface area contributed by atoms with Crippen molar-refractivity contribution < 1.29 is 14.2 Å². The van der Waals surface area contributed by atoms with E-state index in [9.17, 15) is 0 Å². The van der Waals surface area contributed by atoms with E-state index < -0.39 is 0 Å². The van der Waals surface area contributed by atoms with E-state index in [0.717, 1.165) is 5.75 Å². The Labute approximate surface area is 91.0 Å². The molecule has 0 amide bonds. The lowest BCUT2D eigenvalue weighted by Crippen LogP contribution is -2.25. The lowest BCUT2D eigenvalue weighted by Gasteiger charge is -2.15. The lowest BCUT2D eigenvalue weighted by atomic mass is 10.2. The van der Waals surface area contributed by atoms with Gasteiger partial charge >= 0.3 is 0 Å². The van der Waals surface area contributed by atoms with Crippen LogP contribution in [0.2, 0.25) is 0 Å². The Balaban J connectivity index is 2.41.